The fourth-order valence-electron chi connectivity index (χ4n) is 3.11. The summed E-state index contributed by atoms with van der Waals surface area (Å²) in [6.07, 6.45) is 9.17. The van der Waals surface area contributed by atoms with Crippen molar-refractivity contribution in [2.75, 3.05) is 19.3 Å². The lowest BCUT2D eigenvalue weighted by atomic mass is 10.0. The van der Waals surface area contributed by atoms with Crippen LogP contribution in [0.25, 0.3) is 5.78 Å². The van der Waals surface area contributed by atoms with E-state index < -0.39 is 10.0 Å². The van der Waals surface area contributed by atoms with Gasteiger partial charge in [-0.05, 0) is 19.3 Å². The first-order valence-electron chi connectivity index (χ1n) is 8.10. The number of aromatic nitrogens is 3. The van der Waals surface area contributed by atoms with E-state index in [-0.39, 0.29) is 17.6 Å². The van der Waals surface area contributed by atoms with Crippen LogP contribution < -0.4 is 5.32 Å². The Morgan fingerprint density at radius 3 is 2.96 bits per heavy atom. The van der Waals surface area contributed by atoms with Gasteiger partial charge in [-0.15, -0.1) is 0 Å². The topological polar surface area (TPSA) is 96.7 Å². The van der Waals surface area contributed by atoms with Crippen molar-refractivity contribution >= 4 is 33.3 Å². The number of piperidine rings is 1. The molecule has 0 bridgehead atoms. The summed E-state index contributed by atoms with van der Waals surface area (Å²) < 4.78 is 26.8. The van der Waals surface area contributed by atoms with E-state index in [1.807, 2.05) is 0 Å². The molecule has 1 atom stereocenters. The first-order valence-corrected chi connectivity index (χ1v) is 10.3. The maximum Gasteiger partial charge on any atom is 0.271 e. The van der Waals surface area contributed by atoms with Gasteiger partial charge < -0.3 is 5.32 Å². The number of nitrogens with zero attached hydrogens (tertiary/aromatic N) is 4. The number of sulfonamides is 1. The number of fused-ring (bicyclic) bond motifs is 1. The van der Waals surface area contributed by atoms with Crippen molar-refractivity contribution in [3.63, 3.8) is 0 Å². The molecule has 3 heterocycles. The highest BCUT2D eigenvalue weighted by Crippen LogP contribution is 2.21. The number of carbonyl (C=O) groups is 1. The Balaban J connectivity index is 1.59. The first-order chi connectivity index (χ1) is 11.8. The van der Waals surface area contributed by atoms with E-state index in [4.69, 9.17) is 11.6 Å². The average Bonchev–Trinajstić information content (AvgIpc) is 2.97. The Bertz CT molecular complexity index is 882. The average molecular weight is 386 g/mol. The van der Waals surface area contributed by atoms with Crippen LogP contribution >= 0.6 is 11.6 Å². The minimum Gasteiger partial charge on any atom is -0.351 e. The lowest BCUT2D eigenvalue weighted by Gasteiger charge is -2.33. The van der Waals surface area contributed by atoms with Crippen LogP contribution in [-0.4, -0.2) is 58.4 Å². The molecule has 1 saturated heterocycles. The molecule has 0 aliphatic carbocycles. The number of carbonyl (C=O) groups excluding carboxylic acids is 1. The molecule has 1 aliphatic heterocycles. The van der Waals surface area contributed by atoms with Gasteiger partial charge in [0.1, 0.15) is 5.69 Å². The summed E-state index contributed by atoms with van der Waals surface area (Å²) in [5.74, 6) is 0.0772. The van der Waals surface area contributed by atoms with Crippen molar-refractivity contribution in [2.24, 2.45) is 0 Å². The second-order valence-electron chi connectivity index (χ2n) is 6.17. The van der Waals surface area contributed by atoms with Gasteiger partial charge in [0.25, 0.3) is 5.91 Å². The highest BCUT2D eigenvalue weighted by Gasteiger charge is 2.29. The second kappa shape index (κ2) is 7.27. The summed E-state index contributed by atoms with van der Waals surface area (Å²) in [5.41, 5.74) is 0.249. The maximum absolute atomic E-state index is 12.2. The quantitative estimate of drug-likeness (QED) is 0.837. The Labute approximate surface area is 151 Å². The maximum atomic E-state index is 12.2. The summed E-state index contributed by atoms with van der Waals surface area (Å²) in [7, 11) is -3.22. The summed E-state index contributed by atoms with van der Waals surface area (Å²) in [5, 5.41) is 3.25. The fourth-order valence-corrected chi connectivity index (χ4v) is 4.48. The van der Waals surface area contributed by atoms with E-state index in [2.05, 4.69) is 15.3 Å². The minimum absolute atomic E-state index is 0.0643. The van der Waals surface area contributed by atoms with Gasteiger partial charge in [0.2, 0.25) is 15.8 Å². The predicted molar refractivity (Wildman–Crippen MR) is 94.1 cm³/mol. The van der Waals surface area contributed by atoms with E-state index in [1.54, 1.807) is 21.1 Å². The smallest absolute Gasteiger partial charge is 0.271 e. The van der Waals surface area contributed by atoms with Crippen LogP contribution in [0.2, 0.25) is 5.02 Å². The highest BCUT2D eigenvalue weighted by molar-refractivity contribution is 7.88. The Hall–Kier alpha value is -1.71. The van der Waals surface area contributed by atoms with E-state index in [0.29, 0.717) is 30.3 Å². The Kier molecular flexibility index (Phi) is 5.26. The molecule has 1 amide bonds. The number of imidazole rings is 1. The molecule has 10 heteroatoms. The van der Waals surface area contributed by atoms with Gasteiger partial charge in [0.05, 0.1) is 17.5 Å². The predicted octanol–water partition coefficient (Wildman–Crippen LogP) is 1.32. The number of halogens is 1. The molecular weight excluding hydrogens is 366 g/mol. The first kappa shape index (κ1) is 18.1. The van der Waals surface area contributed by atoms with Crippen molar-refractivity contribution < 1.29 is 13.2 Å². The molecule has 0 unspecified atom stereocenters. The van der Waals surface area contributed by atoms with E-state index >= 15 is 0 Å². The third kappa shape index (κ3) is 4.28. The number of rotatable bonds is 5. The normalized spacial score (nSPS) is 19.2. The highest BCUT2D eigenvalue weighted by atomic mass is 35.5. The molecule has 2 aromatic rings. The number of hydrogen-bond acceptors (Lipinski definition) is 5. The van der Waals surface area contributed by atoms with Gasteiger partial charge >= 0.3 is 0 Å². The molecule has 136 valence electrons. The van der Waals surface area contributed by atoms with Crippen molar-refractivity contribution in [1.82, 2.24) is 24.0 Å². The second-order valence-corrected chi connectivity index (χ2v) is 8.54. The minimum atomic E-state index is -3.22. The molecule has 0 saturated carbocycles. The zero-order valence-electron chi connectivity index (χ0n) is 13.9. The Morgan fingerprint density at radius 2 is 2.20 bits per heavy atom. The molecule has 25 heavy (non-hydrogen) atoms. The van der Waals surface area contributed by atoms with E-state index in [1.165, 1.54) is 12.5 Å². The number of hydrogen-bond donors (Lipinski definition) is 1. The van der Waals surface area contributed by atoms with E-state index in [9.17, 15) is 13.2 Å². The monoisotopic (exact) mass is 385 g/mol. The summed E-state index contributed by atoms with van der Waals surface area (Å²) in [6, 6.07) is -0.0643. The van der Waals surface area contributed by atoms with Crippen molar-refractivity contribution in [2.45, 2.75) is 31.7 Å². The molecule has 2 aromatic heterocycles. The number of amides is 1. The molecular formula is C15H20ClN5O3S. The third-order valence-electron chi connectivity index (χ3n) is 4.27. The molecule has 0 spiro atoms. The molecule has 1 aliphatic rings. The summed E-state index contributed by atoms with van der Waals surface area (Å²) in [6.45, 7) is 0.938. The largest absolute Gasteiger partial charge is 0.351 e. The zero-order valence-corrected chi connectivity index (χ0v) is 15.4. The van der Waals surface area contributed by atoms with Crippen molar-refractivity contribution in [3.8, 4) is 0 Å². The fraction of sp³-hybridized carbons (Fsp3) is 0.533. The third-order valence-corrected chi connectivity index (χ3v) is 5.80. The van der Waals surface area contributed by atoms with Gasteiger partial charge in [0, 0.05) is 31.5 Å². The van der Waals surface area contributed by atoms with Crippen LogP contribution in [0.4, 0.5) is 0 Å². The van der Waals surface area contributed by atoms with Crippen LogP contribution in [0.15, 0.2) is 18.6 Å². The van der Waals surface area contributed by atoms with Crippen LogP contribution in [0.1, 0.15) is 36.2 Å². The van der Waals surface area contributed by atoms with E-state index in [0.717, 1.165) is 19.3 Å². The van der Waals surface area contributed by atoms with Crippen LogP contribution in [0, 0.1) is 0 Å². The lowest BCUT2D eigenvalue weighted by molar-refractivity contribution is 0.0945. The molecule has 0 radical (unpaired) electrons. The van der Waals surface area contributed by atoms with Gasteiger partial charge in [-0.3, -0.25) is 9.20 Å². The van der Waals surface area contributed by atoms with Gasteiger partial charge in [-0.1, -0.05) is 18.0 Å². The molecule has 1 N–H and O–H groups in total. The summed E-state index contributed by atoms with van der Waals surface area (Å²) >= 11 is 5.86. The zero-order chi connectivity index (χ0) is 18.0. The summed E-state index contributed by atoms with van der Waals surface area (Å²) in [4.78, 5) is 20.4. The van der Waals surface area contributed by atoms with Crippen LogP contribution in [0.3, 0.4) is 0 Å². The van der Waals surface area contributed by atoms with Crippen LogP contribution in [-0.2, 0) is 10.0 Å². The van der Waals surface area contributed by atoms with Crippen molar-refractivity contribution in [1.29, 1.82) is 0 Å². The lowest BCUT2D eigenvalue weighted by Crippen LogP contribution is -2.44. The molecule has 1 fully saturated rings. The molecule has 3 rings (SSSR count). The van der Waals surface area contributed by atoms with Gasteiger partial charge in [-0.2, -0.15) is 4.31 Å². The molecule has 0 aromatic carbocycles. The standard InChI is InChI=1S/C15H20ClN5O3S/c1-25(23,24)21-7-3-2-4-12(21)5-6-17-14(22)13-10-20-9-11(16)8-18-15(20)19-13/h8-10,12H,2-7H2,1H3,(H,17,22)/t12-/m0/s1. The van der Waals surface area contributed by atoms with Crippen LogP contribution in [0.5, 0.6) is 0 Å². The van der Waals surface area contributed by atoms with Gasteiger partial charge in [-0.25, -0.2) is 18.4 Å². The van der Waals surface area contributed by atoms with Crippen molar-refractivity contribution in [3.05, 3.63) is 29.3 Å². The molecule has 8 nitrogen and oxygen atoms in total. The number of nitrogens with one attached hydrogen (secondary N) is 1. The van der Waals surface area contributed by atoms with Gasteiger partial charge in [0.15, 0.2) is 0 Å². The SMILES string of the molecule is CS(=O)(=O)N1CCCC[C@H]1CCNC(=O)c1cn2cc(Cl)cnc2n1. The Morgan fingerprint density at radius 1 is 1.40 bits per heavy atom.